The topological polar surface area (TPSA) is 29.5 Å². The van der Waals surface area contributed by atoms with E-state index in [1.54, 1.807) is 0 Å². The van der Waals surface area contributed by atoms with Crippen molar-refractivity contribution in [1.82, 2.24) is 4.90 Å². The Labute approximate surface area is 126 Å². The van der Waals surface area contributed by atoms with Gasteiger partial charge in [0.2, 0.25) is 0 Å². The highest BCUT2D eigenvalue weighted by Crippen LogP contribution is 2.22. The molecule has 0 radical (unpaired) electrons. The Morgan fingerprint density at radius 1 is 1.21 bits per heavy atom. The molecule has 0 spiro atoms. The van der Waals surface area contributed by atoms with Crippen molar-refractivity contribution < 1.29 is 22.7 Å². The summed E-state index contributed by atoms with van der Waals surface area (Å²) in [5.74, 6) is -1.40. The van der Waals surface area contributed by atoms with Crippen LogP contribution in [0.2, 0.25) is 0 Å². The number of carbonyl (C=O) groups excluding carboxylic acids is 1. The number of ether oxygens (including phenoxy) is 1. The van der Waals surface area contributed by atoms with Crippen molar-refractivity contribution in [2.45, 2.75) is 6.18 Å². The van der Waals surface area contributed by atoms with Gasteiger partial charge in [-0.25, -0.2) is 0 Å². The van der Waals surface area contributed by atoms with Crippen molar-refractivity contribution in [2.24, 2.45) is 0 Å². The van der Waals surface area contributed by atoms with Crippen LogP contribution in [0.15, 0.2) is 24.3 Å². The highest BCUT2D eigenvalue weighted by atomic mass is 127. The van der Waals surface area contributed by atoms with Gasteiger partial charge in [-0.15, -0.1) is 24.0 Å². The second kappa shape index (κ2) is 7.68. The van der Waals surface area contributed by atoms with E-state index in [1.807, 2.05) is 19.0 Å². The molecule has 19 heavy (non-hydrogen) atoms. The average molecular weight is 389 g/mol. The Morgan fingerprint density at radius 2 is 1.74 bits per heavy atom. The third kappa shape index (κ3) is 6.24. The molecular weight excluding hydrogens is 374 g/mol. The molecule has 0 saturated carbocycles. The van der Waals surface area contributed by atoms with E-state index in [2.05, 4.69) is 0 Å². The zero-order chi connectivity index (χ0) is 13.8. The lowest BCUT2D eigenvalue weighted by Crippen LogP contribution is -2.22. The molecular formula is C12H15F3INO2. The van der Waals surface area contributed by atoms with E-state index in [0.29, 0.717) is 18.9 Å². The van der Waals surface area contributed by atoms with Gasteiger partial charge < -0.3 is 9.64 Å². The molecule has 0 aliphatic heterocycles. The number of halogens is 4. The van der Waals surface area contributed by atoms with Crippen LogP contribution in [-0.2, 0) is 0 Å². The highest BCUT2D eigenvalue weighted by Gasteiger charge is 2.39. The van der Waals surface area contributed by atoms with Crippen molar-refractivity contribution >= 4 is 29.8 Å². The number of nitrogens with zero attached hydrogens (tertiary/aromatic N) is 1. The molecule has 0 aliphatic carbocycles. The van der Waals surface area contributed by atoms with Gasteiger partial charge in [0.05, 0.1) is 0 Å². The lowest BCUT2D eigenvalue weighted by atomic mass is 10.1. The van der Waals surface area contributed by atoms with Gasteiger partial charge in [-0.1, -0.05) is 0 Å². The molecule has 1 aromatic rings. The zero-order valence-electron chi connectivity index (χ0n) is 10.5. The molecule has 3 nitrogen and oxygen atoms in total. The molecule has 0 atom stereocenters. The molecule has 0 aliphatic rings. The van der Waals surface area contributed by atoms with Gasteiger partial charge in [-0.05, 0) is 38.4 Å². The number of likely N-dealkylation sites (N-methyl/N-ethyl adjacent to an activating group) is 1. The number of alkyl halides is 3. The summed E-state index contributed by atoms with van der Waals surface area (Å²) in [6.07, 6.45) is -4.84. The van der Waals surface area contributed by atoms with Gasteiger partial charge in [0.15, 0.2) is 0 Å². The van der Waals surface area contributed by atoms with Gasteiger partial charge in [0, 0.05) is 12.1 Å². The number of Topliss-reactive ketones (excluding diaryl/α,β-unsaturated/α-hetero) is 1. The predicted octanol–water partition coefficient (Wildman–Crippen LogP) is 2.99. The van der Waals surface area contributed by atoms with Crippen LogP contribution in [0, 0.1) is 0 Å². The summed E-state index contributed by atoms with van der Waals surface area (Å²) in [5.41, 5.74) is -0.387. The summed E-state index contributed by atoms with van der Waals surface area (Å²) < 4.78 is 41.7. The normalized spacial score (nSPS) is 11.1. The summed E-state index contributed by atoms with van der Waals surface area (Å²) in [7, 11) is 3.77. The second-order valence-corrected chi connectivity index (χ2v) is 4.00. The van der Waals surface area contributed by atoms with Gasteiger partial charge in [-0.2, -0.15) is 13.2 Å². The van der Waals surface area contributed by atoms with Crippen molar-refractivity contribution in [3.63, 3.8) is 0 Å². The van der Waals surface area contributed by atoms with E-state index in [4.69, 9.17) is 4.74 Å². The first-order chi connectivity index (χ1) is 8.30. The molecule has 0 N–H and O–H groups in total. The maximum Gasteiger partial charge on any atom is 0.454 e. The number of rotatable bonds is 5. The van der Waals surface area contributed by atoms with E-state index in [-0.39, 0.29) is 29.5 Å². The van der Waals surface area contributed by atoms with Crippen molar-refractivity contribution in [2.75, 3.05) is 27.2 Å². The quantitative estimate of drug-likeness (QED) is 0.573. The molecule has 7 heteroatoms. The van der Waals surface area contributed by atoms with Crippen molar-refractivity contribution in [1.29, 1.82) is 0 Å². The highest BCUT2D eigenvalue weighted by molar-refractivity contribution is 14.0. The first-order valence-corrected chi connectivity index (χ1v) is 5.30. The molecule has 1 rings (SSSR count). The molecule has 0 unspecified atom stereocenters. The van der Waals surface area contributed by atoms with Gasteiger partial charge in [0.1, 0.15) is 12.4 Å². The Balaban J connectivity index is 0.00000324. The third-order valence-corrected chi connectivity index (χ3v) is 2.18. The minimum Gasteiger partial charge on any atom is -0.492 e. The van der Waals surface area contributed by atoms with Gasteiger partial charge in [-0.3, -0.25) is 4.79 Å². The molecule has 0 bridgehead atoms. The summed E-state index contributed by atoms with van der Waals surface area (Å²) in [6, 6.07) is 4.94. The Morgan fingerprint density at radius 3 is 2.16 bits per heavy atom. The number of ketones is 1. The largest absolute Gasteiger partial charge is 0.492 e. The fourth-order valence-electron chi connectivity index (χ4n) is 1.21. The number of carbonyl (C=O) groups is 1. The Hall–Kier alpha value is -0.830. The van der Waals surface area contributed by atoms with Crippen LogP contribution in [0.1, 0.15) is 10.4 Å². The maximum absolute atomic E-state index is 12.1. The van der Waals surface area contributed by atoms with Gasteiger partial charge >= 0.3 is 6.18 Å². The van der Waals surface area contributed by atoms with E-state index in [1.165, 1.54) is 12.1 Å². The summed E-state index contributed by atoms with van der Waals surface area (Å²) in [5, 5.41) is 0. The number of hydrogen-bond acceptors (Lipinski definition) is 3. The fourth-order valence-corrected chi connectivity index (χ4v) is 1.21. The standard InChI is InChI=1S/C12H14F3NO2.HI/c1-16(2)7-8-18-10-5-3-9(4-6-10)11(17)12(13,14)15;/h3-6H,7-8H2,1-2H3;1H. The Bertz CT molecular complexity index is 404. The van der Waals surface area contributed by atoms with Crippen LogP contribution in [0.25, 0.3) is 0 Å². The van der Waals surface area contributed by atoms with Crippen LogP contribution in [-0.4, -0.2) is 44.1 Å². The van der Waals surface area contributed by atoms with Crippen molar-refractivity contribution in [3.05, 3.63) is 29.8 Å². The Kier molecular flexibility index (Phi) is 7.35. The first kappa shape index (κ1) is 18.2. The van der Waals surface area contributed by atoms with E-state index in [9.17, 15) is 18.0 Å². The van der Waals surface area contributed by atoms with Crippen LogP contribution in [0.4, 0.5) is 13.2 Å². The SMILES string of the molecule is CN(C)CCOc1ccc(C(=O)C(F)(F)F)cc1.I. The smallest absolute Gasteiger partial charge is 0.454 e. The molecule has 0 saturated heterocycles. The van der Waals surface area contributed by atoms with Crippen LogP contribution < -0.4 is 4.74 Å². The summed E-state index contributed by atoms with van der Waals surface area (Å²) >= 11 is 0. The lowest BCUT2D eigenvalue weighted by Gasteiger charge is -2.11. The fraction of sp³-hybridized carbons (Fsp3) is 0.417. The second-order valence-electron chi connectivity index (χ2n) is 4.00. The van der Waals surface area contributed by atoms with Crippen molar-refractivity contribution in [3.8, 4) is 5.75 Å². The van der Waals surface area contributed by atoms with E-state index < -0.39 is 12.0 Å². The van der Waals surface area contributed by atoms with Gasteiger partial charge in [0.25, 0.3) is 5.78 Å². The molecule has 108 valence electrons. The molecule has 0 amide bonds. The van der Waals surface area contributed by atoms with Crippen LogP contribution in [0.5, 0.6) is 5.75 Å². The monoisotopic (exact) mass is 389 g/mol. The molecule has 1 aromatic carbocycles. The number of hydrogen-bond donors (Lipinski definition) is 0. The third-order valence-electron chi connectivity index (χ3n) is 2.18. The minimum atomic E-state index is -4.84. The molecule has 0 heterocycles. The van der Waals surface area contributed by atoms with E-state index in [0.717, 1.165) is 12.1 Å². The maximum atomic E-state index is 12.1. The summed E-state index contributed by atoms with van der Waals surface area (Å²) in [4.78, 5) is 12.8. The van der Waals surface area contributed by atoms with E-state index >= 15 is 0 Å². The lowest BCUT2D eigenvalue weighted by molar-refractivity contribution is -0.0885. The first-order valence-electron chi connectivity index (χ1n) is 5.30. The van der Waals surface area contributed by atoms with Crippen LogP contribution >= 0.6 is 24.0 Å². The molecule has 0 aromatic heterocycles. The number of benzene rings is 1. The average Bonchev–Trinajstić information content (AvgIpc) is 2.27. The zero-order valence-corrected chi connectivity index (χ0v) is 12.9. The molecule has 0 fully saturated rings. The van der Waals surface area contributed by atoms with Crippen LogP contribution in [0.3, 0.4) is 0 Å². The minimum absolute atomic E-state index is 0. The summed E-state index contributed by atoms with van der Waals surface area (Å²) in [6.45, 7) is 1.13. The predicted molar refractivity (Wildman–Crippen MR) is 76.3 cm³/mol.